The van der Waals surface area contributed by atoms with E-state index in [1.165, 1.54) is 76.2 Å². The second kappa shape index (κ2) is 26.7. The standard InChI is InChI=1S/C111H69N9/c1-6-25-70(26-7-1)109-112-110(114-111(113-109)120-107-59-51-77(73-47-55-103-91(64-73)87-39-18-22-43-99(87)117(103)82-32-12-4-13-33-82)68-95(107)96-69-78(52-60-108(96)120)74-48-56-104-92(65-74)88-40-19-23-44-100(88)118(104)83-34-14-5-15-35-83)79-27-24-36-84(61-79)119-105-57-49-75(71-45-53-101-89(62-71)85-37-16-20-41-97(85)115(101)80-28-8-2-9-29-80)66-93(105)94-67-76(50-58-106(94)119)72-46-54-102-90(63-72)86-38-17-21-42-98(86)116(102)81-30-10-3-11-31-81/h1-69H. The number of aromatic nitrogens is 9. The lowest BCUT2D eigenvalue weighted by Gasteiger charge is -2.13. The smallest absolute Gasteiger partial charge is 0.238 e. The maximum Gasteiger partial charge on any atom is 0.238 e. The van der Waals surface area contributed by atoms with Crippen LogP contribution < -0.4 is 0 Å². The third kappa shape index (κ3) is 10.5. The molecular weight excluding hydrogens is 1460 g/mol. The average molecular weight is 1530 g/mol. The van der Waals surface area contributed by atoms with Gasteiger partial charge in [-0.2, -0.15) is 9.97 Å². The van der Waals surface area contributed by atoms with Gasteiger partial charge in [0.15, 0.2) is 11.6 Å². The van der Waals surface area contributed by atoms with E-state index in [0.29, 0.717) is 17.6 Å². The molecule has 9 nitrogen and oxygen atoms in total. The minimum absolute atomic E-state index is 0.512. The molecule has 25 aromatic rings. The van der Waals surface area contributed by atoms with E-state index in [1.54, 1.807) is 0 Å². The van der Waals surface area contributed by atoms with Gasteiger partial charge >= 0.3 is 0 Å². The van der Waals surface area contributed by atoms with Gasteiger partial charge in [-0.05, 0) is 226 Å². The molecule has 0 atom stereocenters. The molecule has 0 saturated carbocycles. The van der Waals surface area contributed by atoms with Gasteiger partial charge in [0.1, 0.15) is 0 Å². The summed E-state index contributed by atoms with van der Waals surface area (Å²) in [4.78, 5) is 16.7. The molecule has 18 aromatic carbocycles. The average Bonchev–Trinajstić information content (AvgIpc) is 1.58. The zero-order valence-electron chi connectivity index (χ0n) is 64.9. The molecule has 0 fully saturated rings. The highest BCUT2D eigenvalue weighted by molar-refractivity contribution is 6.18. The number of fused-ring (bicyclic) bond motifs is 18. The molecule has 0 spiro atoms. The summed E-state index contributed by atoms with van der Waals surface area (Å²) in [6, 6.07) is 153. The number of rotatable bonds is 12. The SMILES string of the molecule is c1ccc(-c2nc(-c3cccc(-n4c5ccc(-c6ccc7c(c6)c6ccccc6n7-c6ccccc6)cc5c5cc(-c6ccc7c(c6)c6ccccc6n7-c6ccccc6)ccc54)c3)nc(-n3c4ccc(-c5ccc6c(c5)c5ccccc5n6-c5ccccc5)cc4c4cc(-c5ccc6c(c5)c5ccccc5n6-c5ccccc5)ccc43)n2)cc1. The first-order valence-electron chi connectivity index (χ1n) is 41.0. The predicted octanol–water partition coefficient (Wildman–Crippen LogP) is 28.5. The molecule has 0 amide bonds. The normalized spacial score (nSPS) is 12.0. The molecule has 9 heteroatoms. The van der Waals surface area contributed by atoms with Gasteiger partial charge in [0.25, 0.3) is 0 Å². The zero-order valence-corrected chi connectivity index (χ0v) is 64.9. The highest BCUT2D eigenvalue weighted by Crippen LogP contribution is 2.46. The molecule has 558 valence electrons. The Morgan fingerprint density at radius 3 is 0.625 bits per heavy atom. The van der Waals surface area contributed by atoms with E-state index in [2.05, 4.69) is 440 Å². The van der Waals surface area contributed by atoms with Crippen LogP contribution in [0.4, 0.5) is 0 Å². The Morgan fingerprint density at radius 2 is 0.333 bits per heavy atom. The number of benzene rings is 18. The summed E-state index contributed by atoms with van der Waals surface area (Å²) in [5, 5.41) is 14.1. The molecule has 0 unspecified atom stereocenters. The first kappa shape index (κ1) is 67.1. The highest BCUT2D eigenvalue weighted by atomic mass is 15.2. The van der Waals surface area contributed by atoms with Crippen molar-refractivity contribution < 1.29 is 0 Å². The molecule has 0 aliphatic heterocycles. The van der Waals surface area contributed by atoms with Gasteiger partial charge in [-0.15, -0.1) is 0 Å². The van der Waals surface area contributed by atoms with Crippen molar-refractivity contribution in [2.24, 2.45) is 0 Å². The summed E-state index contributed by atoms with van der Waals surface area (Å²) in [6.07, 6.45) is 0. The minimum Gasteiger partial charge on any atom is -0.309 e. The first-order chi connectivity index (χ1) is 59.5. The summed E-state index contributed by atoms with van der Waals surface area (Å²) in [7, 11) is 0. The molecule has 0 aliphatic carbocycles. The van der Waals surface area contributed by atoms with Gasteiger partial charge in [0, 0.05) is 104 Å². The minimum atomic E-state index is 0.512. The van der Waals surface area contributed by atoms with Crippen LogP contribution in [0, 0.1) is 0 Å². The fraction of sp³-hybridized carbons (Fsp3) is 0. The topological polar surface area (TPSA) is 68.2 Å². The van der Waals surface area contributed by atoms with Crippen LogP contribution in [0.15, 0.2) is 419 Å². The van der Waals surface area contributed by atoms with Gasteiger partial charge in [0.2, 0.25) is 5.95 Å². The number of para-hydroxylation sites is 8. The first-order valence-corrected chi connectivity index (χ1v) is 41.0. The fourth-order valence-corrected chi connectivity index (χ4v) is 19.4. The molecule has 7 aromatic heterocycles. The highest BCUT2D eigenvalue weighted by Gasteiger charge is 2.25. The summed E-state index contributed by atoms with van der Waals surface area (Å²) in [5.41, 5.74) is 29.7. The molecule has 25 rings (SSSR count). The van der Waals surface area contributed by atoms with E-state index in [-0.39, 0.29) is 0 Å². The second-order valence-electron chi connectivity index (χ2n) is 31.5. The van der Waals surface area contributed by atoms with Crippen LogP contribution in [0.2, 0.25) is 0 Å². The van der Waals surface area contributed by atoms with Crippen LogP contribution in [-0.4, -0.2) is 42.4 Å². The number of nitrogens with zero attached hydrogens (tertiary/aromatic N) is 9. The summed E-state index contributed by atoms with van der Waals surface area (Å²) in [5.74, 6) is 1.63. The third-order valence-corrected chi connectivity index (χ3v) is 24.8. The van der Waals surface area contributed by atoms with Gasteiger partial charge in [-0.1, -0.05) is 237 Å². The molecule has 0 bridgehead atoms. The summed E-state index contributed by atoms with van der Waals surface area (Å²) < 4.78 is 14.2. The largest absolute Gasteiger partial charge is 0.309 e. The molecule has 120 heavy (non-hydrogen) atoms. The van der Waals surface area contributed by atoms with E-state index < -0.39 is 0 Å². The van der Waals surface area contributed by atoms with Crippen molar-refractivity contribution in [3.8, 4) is 102 Å². The number of hydrogen-bond donors (Lipinski definition) is 0. The molecule has 0 aliphatic rings. The van der Waals surface area contributed by atoms with Crippen molar-refractivity contribution in [3.63, 3.8) is 0 Å². The fourth-order valence-electron chi connectivity index (χ4n) is 19.4. The van der Waals surface area contributed by atoms with Gasteiger partial charge < -0.3 is 22.8 Å². The van der Waals surface area contributed by atoms with Crippen LogP contribution in [0.5, 0.6) is 0 Å². The van der Waals surface area contributed by atoms with Crippen molar-refractivity contribution in [2.75, 3.05) is 0 Å². The lowest BCUT2D eigenvalue weighted by Crippen LogP contribution is -2.06. The Kier molecular flexibility index (Phi) is 14.9. The van der Waals surface area contributed by atoms with Crippen molar-refractivity contribution in [1.29, 1.82) is 0 Å². The van der Waals surface area contributed by atoms with Crippen LogP contribution in [-0.2, 0) is 0 Å². The van der Waals surface area contributed by atoms with Gasteiger partial charge in [-0.25, -0.2) is 4.98 Å². The van der Waals surface area contributed by atoms with Crippen LogP contribution in [0.1, 0.15) is 0 Å². The third-order valence-electron chi connectivity index (χ3n) is 24.8. The predicted molar refractivity (Wildman–Crippen MR) is 498 cm³/mol. The molecule has 7 heterocycles. The second-order valence-corrected chi connectivity index (χ2v) is 31.5. The maximum atomic E-state index is 5.69. The molecule has 0 radical (unpaired) electrons. The lowest BCUT2D eigenvalue weighted by atomic mass is 9.98. The van der Waals surface area contributed by atoms with E-state index in [4.69, 9.17) is 15.0 Å². The molecular formula is C111H69N9. The van der Waals surface area contributed by atoms with E-state index in [0.717, 1.165) is 139 Å². The van der Waals surface area contributed by atoms with Crippen LogP contribution >= 0.6 is 0 Å². The zero-order chi connectivity index (χ0) is 78.6. The van der Waals surface area contributed by atoms with E-state index in [9.17, 15) is 0 Å². The quantitative estimate of drug-likeness (QED) is 0.122. The van der Waals surface area contributed by atoms with Crippen LogP contribution in [0.25, 0.3) is 233 Å². The van der Waals surface area contributed by atoms with Gasteiger partial charge in [-0.3, -0.25) is 4.57 Å². The number of hydrogen-bond acceptors (Lipinski definition) is 3. The Balaban J connectivity index is 0.668. The van der Waals surface area contributed by atoms with Crippen molar-refractivity contribution in [3.05, 3.63) is 419 Å². The maximum absolute atomic E-state index is 5.69. The monoisotopic (exact) mass is 1530 g/mol. The lowest BCUT2D eigenvalue weighted by molar-refractivity contribution is 0.953. The van der Waals surface area contributed by atoms with E-state index in [1.807, 2.05) is 6.07 Å². The molecule has 0 saturated heterocycles. The Morgan fingerprint density at radius 1 is 0.125 bits per heavy atom. The van der Waals surface area contributed by atoms with E-state index >= 15 is 0 Å². The van der Waals surface area contributed by atoms with Crippen LogP contribution in [0.3, 0.4) is 0 Å². The Bertz CT molecular complexity index is 8090. The Hall–Kier alpha value is -16.2. The van der Waals surface area contributed by atoms with Crippen molar-refractivity contribution >= 4 is 131 Å². The summed E-state index contributed by atoms with van der Waals surface area (Å²) in [6.45, 7) is 0. The summed E-state index contributed by atoms with van der Waals surface area (Å²) >= 11 is 0. The van der Waals surface area contributed by atoms with Gasteiger partial charge in [0.05, 0.1) is 66.2 Å². The molecule has 0 N–H and O–H groups in total. The van der Waals surface area contributed by atoms with Crippen molar-refractivity contribution in [1.82, 2.24) is 42.4 Å². The van der Waals surface area contributed by atoms with Crippen molar-refractivity contribution in [2.45, 2.75) is 0 Å². The Labute approximate surface area is 688 Å².